The van der Waals surface area contributed by atoms with Crippen molar-refractivity contribution in [2.24, 2.45) is 0 Å². The van der Waals surface area contributed by atoms with Crippen molar-refractivity contribution in [3.8, 4) is 0 Å². The van der Waals surface area contributed by atoms with Crippen molar-refractivity contribution in [3.05, 3.63) is 83.9 Å². The predicted octanol–water partition coefficient (Wildman–Crippen LogP) is 5.02. The summed E-state index contributed by atoms with van der Waals surface area (Å²) < 4.78 is 5.91. The van der Waals surface area contributed by atoms with Gasteiger partial charge in [0, 0.05) is 12.0 Å². The number of hydrogen-bond acceptors (Lipinski definition) is 2. The van der Waals surface area contributed by atoms with Crippen molar-refractivity contribution in [2.75, 3.05) is 0 Å². The fraction of sp³-hybridized carbons (Fsp3) is 0.190. The molecule has 0 heterocycles. The van der Waals surface area contributed by atoms with Crippen molar-refractivity contribution in [1.29, 1.82) is 0 Å². The van der Waals surface area contributed by atoms with Crippen LogP contribution in [0.5, 0.6) is 0 Å². The normalized spacial score (nSPS) is 12.2. The Morgan fingerprint density at radius 3 is 2.43 bits per heavy atom. The molecule has 1 unspecified atom stereocenters. The van der Waals surface area contributed by atoms with Crippen LogP contribution in [0.3, 0.4) is 0 Å². The molecule has 0 aromatic heterocycles. The highest BCUT2D eigenvalue weighted by Crippen LogP contribution is 2.20. The maximum Gasteiger partial charge on any atom is 0.165 e. The molecule has 0 saturated carbocycles. The Labute approximate surface area is 136 Å². The first-order valence-electron chi connectivity index (χ1n) is 7.90. The maximum atomic E-state index is 12.2. The number of ketones is 1. The summed E-state index contributed by atoms with van der Waals surface area (Å²) in [5.41, 5.74) is 1.90. The van der Waals surface area contributed by atoms with E-state index >= 15 is 0 Å². The summed E-state index contributed by atoms with van der Waals surface area (Å²) in [5.74, 6) is 0.121. The van der Waals surface area contributed by atoms with Gasteiger partial charge in [-0.3, -0.25) is 4.79 Å². The molecule has 0 bridgehead atoms. The van der Waals surface area contributed by atoms with Gasteiger partial charge in [0.2, 0.25) is 0 Å². The average molecular weight is 304 g/mol. The zero-order valence-corrected chi connectivity index (χ0v) is 13.2. The molecule has 23 heavy (non-hydrogen) atoms. The Bertz CT molecular complexity index is 788. The highest BCUT2D eigenvalue weighted by molar-refractivity contribution is 5.96. The molecule has 0 aliphatic rings. The van der Waals surface area contributed by atoms with Crippen LogP contribution in [-0.2, 0) is 11.3 Å². The van der Waals surface area contributed by atoms with Crippen molar-refractivity contribution in [1.82, 2.24) is 0 Å². The summed E-state index contributed by atoms with van der Waals surface area (Å²) in [6.45, 7) is 2.47. The Balaban J connectivity index is 1.62. The van der Waals surface area contributed by atoms with E-state index < -0.39 is 0 Å². The molecule has 3 rings (SSSR count). The van der Waals surface area contributed by atoms with Gasteiger partial charge in [0.25, 0.3) is 0 Å². The van der Waals surface area contributed by atoms with Crippen molar-refractivity contribution >= 4 is 16.6 Å². The molecule has 1 atom stereocenters. The van der Waals surface area contributed by atoms with Gasteiger partial charge in [0.05, 0.1) is 12.7 Å². The topological polar surface area (TPSA) is 26.3 Å². The van der Waals surface area contributed by atoms with E-state index in [0.29, 0.717) is 13.0 Å². The number of carbonyl (C=O) groups excluding carboxylic acids is 1. The van der Waals surface area contributed by atoms with Gasteiger partial charge in [-0.1, -0.05) is 72.8 Å². The lowest BCUT2D eigenvalue weighted by molar-refractivity contribution is 0.0449. The van der Waals surface area contributed by atoms with E-state index in [9.17, 15) is 4.79 Å². The van der Waals surface area contributed by atoms with E-state index in [2.05, 4.69) is 24.3 Å². The zero-order valence-electron chi connectivity index (χ0n) is 13.2. The Morgan fingerprint density at radius 2 is 1.61 bits per heavy atom. The van der Waals surface area contributed by atoms with Crippen LogP contribution in [0.15, 0.2) is 72.8 Å². The molecule has 2 nitrogen and oxygen atoms in total. The minimum atomic E-state index is -0.110. The number of fused-ring (bicyclic) bond motifs is 1. The van der Waals surface area contributed by atoms with Gasteiger partial charge in [-0.05, 0) is 23.3 Å². The molecule has 0 radical (unpaired) electrons. The summed E-state index contributed by atoms with van der Waals surface area (Å²) in [7, 11) is 0. The SMILES string of the molecule is CC(CC(=O)c1ccccc1)OCc1cccc2ccccc12. The van der Waals surface area contributed by atoms with E-state index in [-0.39, 0.29) is 11.9 Å². The summed E-state index contributed by atoms with van der Waals surface area (Å²) in [6.07, 6.45) is 0.288. The summed E-state index contributed by atoms with van der Waals surface area (Å²) in [5, 5.41) is 2.42. The van der Waals surface area contributed by atoms with Crippen LogP contribution in [0.25, 0.3) is 10.8 Å². The van der Waals surface area contributed by atoms with Gasteiger partial charge >= 0.3 is 0 Å². The molecule has 0 fully saturated rings. The fourth-order valence-corrected chi connectivity index (χ4v) is 2.71. The molecule has 116 valence electrons. The lowest BCUT2D eigenvalue weighted by Gasteiger charge is -2.14. The molecule has 0 spiro atoms. The average Bonchev–Trinajstić information content (AvgIpc) is 2.60. The second-order valence-corrected chi connectivity index (χ2v) is 5.75. The van der Waals surface area contributed by atoms with Gasteiger partial charge in [-0.15, -0.1) is 0 Å². The predicted molar refractivity (Wildman–Crippen MR) is 93.6 cm³/mol. The van der Waals surface area contributed by atoms with Gasteiger partial charge in [0.15, 0.2) is 5.78 Å². The van der Waals surface area contributed by atoms with Crippen LogP contribution in [0.1, 0.15) is 29.3 Å². The van der Waals surface area contributed by atoms with Crippen LogP contribution >= 0.6 is 0 Å². The van der Waals surface area contributed by atoms with Crippen molar-refractivity contribution in [2.45, 2.75) is 26.1 Å². The molecule has 0 N–H and O–H groups in total. The molecular formula is C21H20O2. The molecule has 3 aromatic rings. The number of benzene rings is 3. The van der Waals surface area contributed by atoms with Gasteiger partial charge in [-0.25, -0.2) is 0 Å². The maximum absolute atomic E-state index is 12.2. The molecule has 0 saturated heterocycles. The smallest absolute Gasteiger partial charge is 0.165 e. The number of hydrogen-bond donors (Lipinski definition) is 0. The van der Waals surface area contributed by atoms with Gasteiger partial charge in [-0.2, -0.15) is 0 Å². The standard InChI is InChI=1S/C21H20O2/c1-16(14-21(22)18-9-3-2-4-10-18)23-15-19-12-7-11-17-8-5-6-13-20(17)19/h2-13,16H,14-15H2,1H3. The summed E-state index contributed by atoms with van der Waals surface area (Å²) >= 11 is 0. The third-order valence-electron chi connectivity index (χ3n) is 3.97. The van der Waals surface area contributed by atoms with Crippen LogP contribution in [0, 0.1) is 0 Å². The Morgan fingerprint density at radius 1 is 0.913 bits per heavy atom. The van der Waals surface area contributed by atoms with E-state index in [1.54, 1.807) is 0 Å². The van der Waals surface area contributed by atoms with Gasteiger partial charge in [0.1, 0.15) is 0 Å². The second-order valence-electron chi connectivity index (χ2n) is 5.75. The van der Waals surface area contributed by atoms with Crippen LogP contribution in [0.4, 0.5) is 0 Å². The molecular weight excluding hydrogens is 284 g/mol. The first-order chi connectivity index (χ1) is 11.2. The lowest BCUT2D eigenvalue weighted by Crippen LogP contribution is -2.14. The van der Waals surface area contributed by atoms with E-state index in [4.69, 9.17) is 4.74 Å². The first kappa shape index (κ1) is 15.4. The quantitative estimate of drug-likeness (QED) is 0.598. The van der Waals surface area contributed by atoms with E-state index in [1.165, 1.54) is 10.8 Å². The number of ether oxygens (including phenoxy) is 1. The third-order valence-corrected chi connectivity index (χ3v) is 3.97. The van der Waals surface area contributed by atoms with Gasteiger partial charge < -0.3 is 4.74 Å². The van der Waals surface area contributed by atoms with Crippen molar-refractivity contribution < 1.29 is 9.53 Å². The number of Topliss-reactive ketones (excluding diaryl/α,β-unsaturated/α-hetero) is 1. The minimum absolute atomic E-state index is 0.110. The summed E-state index contributed by atoms with van der Waals surface area (Å²) in [6, 6.07) is 23.9. The highest BCUT2D eigenvalue weighted by atomic mass is 16.5. The first-order valence-corrected chi connectivity index (χ1v) is 7.90. The molecule has 0 amide bonds. The lowest BCUT2D eigenvalue weighted by atomic mass is 10.0. The minimum Gasteiger partial charge on any atom is -0.373 e. The van der Waals surface area contributed by atoms with E-state index in [1.807, 2.05) is 55.5 Å². The second kappa shape index (κ2) is 7.21. The third kappa shape index (κ3) is 3.85. The van der Waals surface area contributed by atoms with Crippen LogP contribution < -0.4 is 0 Å². The zero-order chi connectivity index (χ0) is 16.1. The molecule has 2 heteroatoms. The van der Waals surface area contributed by atoms with Crippen LogP contribution in [-0.4, -0.2) is 11.9 Å². The molecule has 0 aliphatic heterocycles. The molecule has 3 aromatic carbocycles. The number of rotatable bonds is 6. The Kier molecular flexibility index (Phi) is 4.84. The van der Waals surface area contributed by atoms with Crippen LogP contribution in [0.2, 0.25) is 0 Å². The van der Waals surface area contributed by atoms with Crippen molar-refractivity contribution in [3.63, 3.8) is 0 Å². The van der Waals surface area contributed by atoms with E-state index in [0.717, 1.165) is 11.1 Å². The monoisotopic (exact) mass is 304 g/mol. The highest BCUT2D eigenvalue weighted by Gasteiger charge is 2.12. The summed E-state index contributed by atoms with van der Waals surface area (Å²) in [4.78, 5) is 12.2. The number of carbonyl (C=O) groups is 1. The fourth-order valence-electron chi connectivity index (χ4n) is 2.71. The largest absolute Gasteiger partial charge is 0.373 e. The Hall–Kier alpha value is -2.45. The molecule has 0 aliphatic carbocycles.